The Hall–Kier alpha value is 1.36. The Balaban J connectivity index is -0.000000245. The van der Waals surface area contributed by atoms with E-state index in [0.717, 1.165) is 0 Å². The van der Waals surface area contributed by atoms with Crippen LogP contribution in [0.2, 0.25) is 0 Å². The van der Waals surface area contributed by atoms with Crippen molar-refractivity contribution in [3.05, 3.63) is 0 Å². The fourth-order valence-electron chi connectivity index (χ4n) is 0.0915. The Labute approximate surface area is 123 Å². The van der Waals surface area contributed by atoms with Crippen molar-refractivity contribution in [1.29, 1.82) is 0 Å². The first-order valence-corrected chi connectivity index (χ1v) is 1.56. The van der Waals surface area contributed by atoms with Crippen molar-refractivity contribution in [2.45, 2.75) is 0 Å². The molecule has 0 fully saturated rings. The third-order valence-electron chi connectivity index (χ3n) is 0.388. The van der Waals surface area contributed by atoms with Gasteiger partial charge in [0.15, 0.2) is 0 Å². The first kappa shape index (κ1) is 17.4. The first-order chi connectivity index (χ1) is 3.55. The molecule has 0 aliphatic heterocycles. The topological polar surface area (TPSA) is 91.7 Å². The molecule has 0 spiro atoms. The summed E-state index contributed by atoms with van der Waals surface area (Å²) in [5.74, 6) is -5.71. The molecule has 0 rings (SSSR count). The maximum Gasteiger partial charge on any atom is 0.384 e. The molecule has 52 valence electrons. The molecule has 0 atom stereocenters. The van der Waals surface area contributed by atoms with Crippen LogP contribution in [0.3, 0.4) is 0 Å². The number of hydrogen-bond acceptors (Lipinski definition) is 3. The van der Waals surface area contributed by atoms with Crippen molar-refractivity contribution < 1.29 is 108 Å². The summed E-state index contributed by atoms with van der Waals surface area (Å²) in [7, 11) is 0. The average Bonchev–Trinajstić information content (AvgIpc) is 1.64. The molecule has 0 aromatic rings. The van der Waals surface area contributed by atoms with Crippen molar-refractivity contribution in [2.75, 3.05) is 0 Å². The molecular weight excluding hydrogens is 396 g/mol. The predicted octanol–water partition coefficient (Wildman–Crippen LogP) is -1.28. The molecule has 0 aliphatic carbocycles. The van der Waals surface area contributed by atoms with E-state index in [-0.39, 0.29) is 83.5 Å². The van der Waals surface area contributed by atoms with Crippen LogP contribution in [0.15, 0.2) is 0 Å². The molecule has 0 aliphatic rings. The number of aliphatic carboxylic acids is 2. The van der Waals surface area contributed by atoms with E-state index in [1.807, 2.05) is 0 Å². The normalized spacial score (nSPS) is 6.40. The van der Waals surface area contributed by atoms with Gasteiger partial charge in [0, 0.05) is 83.5 Å². The molecular formula is C3H2Ce2O5. The third kappa shape index (κ3) is 7.47. The van der Waals surface area contributed by atoms with E-state index >= 15 is 0 Å². The van der Waals surface area contributed by atoms with E-state index < -0.39 is 17.7 Å². The fourth-order valence-corrected chi connectivity index (χ4v) is 0.0915. The van der Waals surface area contributed by atoms with Crippen molar-refractivity contribution in [3.63, 3.8) is 0 Å². The zero-order valence-electron chi connectivity index (χ0n) is 4.62. The summed E-state index contributed by atoms with van der Waals surface area (Å²) in [5.41, 5.74) is 0. The molecule has 0 amide bonds. The molecule has 2 N–H and O–H groups in total. The average molecular weight is 398 g/mol. The maximum absolute atomic E-state index is 9.64. The molecule has 5 nitrogen and oxygen atoms in total. The molecule has 0 saturated carbocycles. The second-order valence-corrected chi connectivity index (χ2v) is 0.939. The summed E-state index contributed by atoms with van der Waals surface area (Å²) in [5, 5.41) is 15.2. The number of Topliss-reactive ketones (excluding diaryl/α,β-unsaturated/α-hetero) is 1. The second kappa shape index (κ2) is 8.46. The van der Waals surface area contributed by atoms with Crippen LogP contribution in [0.4, 0.5) is 0 Å². The van der Waals surface area contributed by atoms with Gasteiger partial charge in [-0.05, 0) is 0 Å². The number of carbonyl (C=O) groups excluding carboxylic acids is 1. The van der Waals surface area contributed by atoms with Crippen LogP contribution in [0, 0.1) is 83.5 Å². The summed E-state index contributed by atoms with van der Waals surface area (Å²) in [6.07, 6.45) is 0. The number of ketones is 1. The number of rotatable bonds is 2. The minimum absolute atomic E-state index is 0. The SMILES string of the molecule is O=C(O)C(=O)C(=O)O.[Ce].[Ce]. The molecule has 0 unspecified atom stereocenters. The van der Waals surface area contributed by atoms with Gasteiger partial charge in [0.05, 0.1) is 0 Å². The summed E-state index contributed by atoms with van der Waals surface area (Å²) < 4.78 is 0. The van der Waals surface area contributed by atoms with Crippen LogP contribution >= 0.6 is 0 Å². The molecule has 0 heterocycles. The Morgan fingerprint density at radius 1 is 0.800 bits per heavy atom. The van der Waals surface area contributed by atoms with Crippen LogP contribution in [0.5, 0.6) is 0 Å². The van der Waals surface area contributed by atoms with Gasteiger partial charge in [-0.2, -0.15) is 0 Å². The summed E-state index contributed by atoms with van der Waals surface area (Å²) in [6, 6.07) is 0. The van der Waals surface area contributed by atoms with Crippen molar-refractivity contribution >= 4 is 17.7 Å². The number of carboxylic acid groups (broad SMARTS) is 2. The first-order valence-electron chi connectivity index (χ1n) is 1.56. The monoisotopic (exact) mass is 398 g/mol. The van der Waals surface area contributed by atoms with Crippen LogP contribution in [0.1, 0.15) is 0 Å². The third-order valence-corrected chi connectivity index (χ3v) is 0.388. The Bertz CT molecular complexity index is 137. The molecule has 0 aromatic carbocycles. The van der Waals surface area contributed by atoms with E-state index in [0.29, 0.717) is 0 Å². The van der Waals surface area contributed by atoms with Gasteiger partial charge in [-0.1, -0.05) is 0 Å². The quantitative estimate of drug-likeness (QED) is 0.447. The second-order valence-electron chi connectivity index (χ2n) is 0.939. The number of hydrogen-bond donors (Lipinski definition) is 2. The Morgan fingerprint density at radius 2 is 1.00 bits per heavy atom. The van der Waals surface area contributed by atoms with Crippen molar-refractivity contribution in [1.82, 2.24) is 0 Å². The predicted molar refractivity (Wildman–Crippen MR) is 20.3 cm³/mol. The standard InChI is InChI=1S/C3H2O5.2Ce/c4-1(2(5)6)3(7)8;;/h(H,5,6)(H,7,8);;. The minimum Gasteiger partial charge on any atom is -0.475 e. The molecule has 0 radical (unpaired) electrons. The Kier molecular flexibility index (Phi) is 14.8. The molecule has 0 saturated heterocycles. The summed E-state index contributed by atoms with van der Waals surface area (Å²) in [6.45, 7) is 0. The van der Waals surface area contributed by atoms with Gasteiger partial charge >= 0.3 is 17.7 Å². The van der Waals surface area contributed by atoms with Crippen LogP contribution in [-0.2, 0) is 14.4 Å². The van der Waals surface area contributed by atoms with Crippen LogP contribution in [-0.4, -0.2) is 27.9 Å². The van der Waals surface area contributed by atoms with Gasteiger partial charge in [-0.3, -0.25) is 4.79 Å². The molecule has 10 heavy (non-hydrogen) atoms. The molecule has 7 heteroatoms. The van der Waals surface area contributed by atoms with Gasteiger partial charge in [-0.25, -0.2) is 9.59 Å². The fraction of sp³-hybridized carbons (Fsp3) is 0. The minimum atomic E-state index is -1.95. The van der Waals surface area contributed by atoms with Crippen LogP contribution < -0.4 is 0 Å². The number of carbonyl (C=O) groups is 3. The Morgan fingerprint density at radius 3 is 1.00 bits per heavy atom. The summed E-state index contributed by atoms with van der Waals surface area (Å²) >= 11 is 0. The van der Waals surface area contributed by atoms with E-state index in [2.05, 4.69) is 0 Å². The van der Waals surface area contributed by atoms with Crippen molar-refractivity contribution in [3.8, 4) is 0 Å². The maximum atomic E-state index is 9.64. The van der Waals surface area contributed by atoms with E-state index in [9.17, 15) is 14.4 Å². The largest absolute Gasteiger partial charge is 0.475 e. The molecule has 0 aromatic heterocycles. The van der Waals surface area contributed by atoms with Crippen molar-refractivity contribution in [2.24, 2.45) is 0 Å². The molecule has 0 bridgehead atoms. The van der Waals surface area contributed by atoms with E-state index in [1.54, 1.807) is 0 Å². The summed E-state index contributed by atoms with van der Waals surface area (Å²) in [4.78, 5) is 28.5. The van der Waals surface area contributed by atoms with E-state index in [1.165, 1.54) is 0 Å². The van der Waals surface area contributed by atoms with Gasteiger partial charge in [-0.15, -0.1) is 0 Å². The van der Waals surface area contributed by atoms with Gasteiger partial charge in [0.25, 0.3) is 0 Å². The van der Waals surface area contributed by atoms with E-state index in [4.69, 9.17) is 10.2 Å². The smallest absolute Gasteiger partial charge is 0.384 e. The van der Waals surface area contributed by atoms with Gasteiger partial charge in [0.1, 0.15) is 0 Å². The zero-order valence-corrected chi connectivity index (χ0v) is 10.9. The zero-order chi connectivity index (χ0) is 6.73. The number of carboxylic acids is 2. The van der Waals surface area contributed by atoms with Gasteiger partial charge < -0.3 is 10.2 Å². The van der Waals surface area contributed by atoms with Gasteiger partial charge in [0.2, 0.25) is 0 Å². The van der Waals surface area contributed by atoms with Crippen LogP contribution in [0.25, 0.3) is 0 Å².